The lowest BCUT2D eigenvalue weighted by Crippen LogP contribution is -2.18. The Labute approximate surface area is 186 Å². The van der Waals surface area contributed by atoms with Gasteiger partial charge in [0.15, 0.2) is 11.6 Å². The Morgan fingerprint density at radius 3 is 2.68 bits per heavy atom. The molecule has 2 heterocycles. The summed E-state index contributed by atoms with van der Waals surface area (Å²) in [5, 5.41) is 0.900. The third kappa shape index (κ3) is 3.87. The van der Waals surface area contributed by atoms with E-state index in [2.05, 4.69) is 30.9 Å². The van der Waals surface area contributed by atoms with Crippen LogP contribution >= 0.6 is 15.9 Å². The number of halogens is 1. The van der Waals surface area contributed by atoms with Crippen molar-refractivity contribution >= 4 is 50.0 Å². The van der Waals surface area contributed by atoms with Gasteiger partial charge in [-0.25, -0.2) is 9.78 Å². The molecular weight excluding hydrogens is 462 g/mol. The molecule has 0 aliphatic heterocycles. The highest BCUT2D eigenvalue weighted by atomic mass is 79.9. The third-order valence-electron chi connectivity index (χ3n) is 4.70. The van der Waals surface area contributed by atoms with Gasteiger partial charge >= 0.3 is 5.97 Å². The first kappa shape index (κ1) is 20.5. The third-order valence-corrected chi connectivity index (χ3v) is 5.39. The van der Waals surface area contributed by atoms with Gasteiger partial charge < -0.3 is 20.1 Å². The first-order valence-electron chi connectivity index (χ1n) is 9.24. The molecule has 4 aromatic rings. The van der Waals surface area contributed by atoms with Crippen LogP contribution in [0, 0.1) is 0 Å². The normalized spacial score (nSPS) is 10.7. The molecule has 31 heavy (non-hydrogen) atoms. The summed E-state index contributed by atoms with van der Waals surface area (Å²) >= 11 is 3.52. The average Bonchev–Trinajstić information content (AvgIpc) is 2.81. The van der Waals surface area contributed by atoms with Crippen molar-refractivity contribution in [3.63, 3.8) is 0 Å². The van der Waals surface area contributed by atoms with Gasteiger partial charge in [-0.15, -0.1) is 0 Å². The maximum atomic E-state index is 12.2. The van der Waals surface area contributed by atoms with Gasteiger partial charge in [-0.3, -0.25) is 4.98 Å². The molecule has 0 bridgehead atoms. The second-order valence-corrected chi connectivity index (χ2v) is 7.39. The van der Waals surface area contributed by atoms with Crippen LogP contribution in [0.5, 0.6) is 11.6 Å². The van der Waals surface area contributed by atoms with Gasteiger partial charge in [-0.2, -0.15) is 4.98 Å². The van der Waals surface area contributed by atoms with Crippen LogP contribution in [0.2, 0.25) is 0 Å². The number of hydrogen-bond acceptors (Lipinski definition) is 8. The van der Waals surface area contributed by atoms with E-state index in [1.807, 2.05) is 24.3 Å². The summed E-state index contributed by atoms with van der Waals surface area (Å²) in [4.78, 5) is 26.8. The molecular formula is C22H18BrN5O3. The van der Waals surface area contributed by atoms with Crippen LogP contribution in [0.15, 0.2) is 65.5 Å². The number of nitrogen functional groups attached to an aromatic ring is 1. The predicted molar refractivity (Wildman–Crippen MR) is 122 cm³/mol. The molecule has 2 aromatic carbocycles. The highest BCUT2D eigenvalue weighted by Gasteiger charge is 2.20. The number of esters is 1. The number of benzene rings is 2. The first-order valence-corrected chi connectivity index (χ1v) is 10.0. The van der Waals surface area contributed by atoms with Gasteiger partial charge in [0.25, 0.3) is 0 Å². The Hall–Kier alpha value is -3.72. The maximum absolute atomic E-state index is 12.2. The van der Waals surface area contributed by atoms with E-state index in [0.29, 0.717) is 28.3 Å². The first-order chi connectivity index (χ1) is 15.0. The van der Waals surface area contributed by atoms with Crippen molar-refractivity contribution in [3.8, 4) is 11.6 Å². The van der Waals surface area contributed by atoms with E-state index in [4.69, 9.17) is 15.2 Å². The van der Waals surface area contributed by atoms with Gasteiger partial charge in [0, 0.05) is 23.1 Å². The molecule has 2 N–H and O–H groups in total. The largest absolute Gasteiger partial charge is 0.465 e. The molecule has 2 aromatic heterocycles. The lowest BCUT2D eigenvalue weighted by Gasteiger charge is -2.22. The molecule has 0 spiro atoms. The summed E-state index contributed by atoms with van der Waals surface area (Å²) < 4.78 is 11.8. The van der Waals surface area contributed by atoms with Crippen molar-refractivity contribution < 1.29 is 14.3 Å². The minimum Gasteiger partial charge on any atom is -0.465 e. The number of fused-ring (bicyclic) bond motifs is 1. The Balaban J connectivity index is 1.74. The number of nitrogens with zero attached hydrogens (tertiary/aromatic N) is 4. The van der Waals surface area contributed by atoms with E-state index in [0.717, 1.165) is 9.86 Å². The fourth-order valence-corrected chi connectivity index (χ4v) is 3.63. The maximum Gasteiger partial charge on any atom is 0.339 e. The number of carbonyl (C=O) groups excluding carboxylic acids is 1. The van der Waals surface area contributed by atoms with Crippen LogP contribution in [0.25, 0.3) is 10.9 Å². The highest BCUT2D eigenvalue weighted by molar-refractivity contribution is 9.10. The van der Waals surface area contributed by atoms with Crippen LogP contribution in [-0.2, 0) is 4.74 Å². The minimum atomic E-state index is -0.459. The Kier molecular flexibility index (Phi) is 5.68. The predicted octanol–water partition coefficient (Wildman–Crippen LogP) is 4.72. The Bertz CT molecular complexity index is 1280. The zero-order valence-corrected chi connectivity index (χ0v) is 18.3. The van der Waals surface area contributed by atoms with Gasteiger partial charge in [0.2, 0.25) is 5.88 Å². The van der Waals surface area contributed by atoms with Crippen molar-refractivity contribution in [2.45, 2.75) is 0 Å². The van der Waals surface area contributed by atoms with E-state index in [1.54, 1.807) is 42.4 Å². The van der Waals surface area contributed by atoms with Crippen LogP contribution < -0.4 is 15.4 Å². The van der Waals surface area contributed by atoms with E-state index in [1.165, 1.54) is 13.4 Å². The lowest BCUT2D eigenvalue weighted by molar-refractivity contribution is 0.0601. The molecule has 9 heteroatoms. The van der Waals surface area contributed by atoms with Gasteiger partial charge in [0.05, 0.1) is 18.4 Å². The zero-order chi connectivity index (χ0) is 22.0. The smallest absolute Gasteiger partial charge is 0.339 e. The number of anilines is 3. The molecule has 0 amide bonds. The van der Waals surface area contributed by atoms with Gasteiger partial charge in [-0.05, 0) is 30.3 Å². The molecule has 0 saturated carbocycles. The zero-order valence-electron chi connectivity index (χ0n) is 16.7. The van der Waals surface area contributed by atoms with Crippen molar-refractivity contribution in [1.29, 1.82) is 0 Å². The topological polar surface area (TPSA) is 103 Å². The SMILES string of the molecule is COC(=O)c1ccccc1N(C)c1ncnc(Oc2ccc(Br)c3cccnc23)c1N. The summed E-state index contributed by atoms with van der Waals surface area (Å²) in [6, 6.07) is 14.5. The molecule has 0 radical (unpaired) electrons. The second-order valence-electron chi connectivity index (χ2n) is 6.53. The van der Waals surface area contributed by atoms with Crippen LogP contribution in [0.3, 0.4) is 0 Å². The molecule has 0 atom stereocenters. The van der Waals surface area contributed by atoms with Crippen LogP contribution in [0.1, 0.15) is 10.4 Å². The number of carbonyl (C=O) groups is 1. The Morgan fingerprint density at radius 2 is 1.87 bits per heavy atom. The number of para-hydroxylation sites is 1. The average molecular weight is 480 g/mol. The molecule has 4 rings (SSSR count). The Morgan fingerprint density at radius 1 is 1.06 bits per heavy atom. The number of rotatable bonds is 5. The van der Waals surface area contributed by atoms with Crippen molar-refractivity contribution in [1.82, 2.24) is 15.0 Å². The molecule has 156 valence electrons. The molecule has 8 nitrogen and oxygen atoms in total. The van der Waals surface area contributed by atoms with Crippen molar-refractivity contribution in [3.05, 3.63) is 71.1 Å². The number of ether oxygens (including phenoxy) is 2. The van der Waals surface area contributed by atoms with Crippen LogP contribution in [0.4, 0.5) is 17.2 Å². The second kappa shape index (κ2) is 8.57. The molecule has 0 saturated heterocycles. The van der Waals surface area contributed by atoms with E-state index in [9.17, 15) is 4.79 Å². The summed E-state index contributed by atoms with van der Waals surface area (Å²) in [6.07, 6.45) is 3.04. The molecule has 0 fully saturated rings. The lowest BCUT2D eigenvalue weighted by atomic mass is 10.1. The highest BCUT2D eigenvalue weighted by Crippen LogP contribution is 2.38. The van der Waals surface area contributed by atoms with E-state index in [-0.39, 0.29) is 11.6 Å². The number of pyridine rings is 1. The monoisotopic (exact) mass is 479 g/mol. The van der Waals surface area contributed by atoms with Gasteiger partial charge in [0.1, 0.15) is 17.5 Å². The van der Waals surface area contributed by atoms with E-state index >= 15 is 0 Å². The minimum absolute atomic E-state index is 0.182. The summed E-state index contributed by atoms with van der Waals surface area (Å²) in [5.41, 5.74) is 8.22. The van der Waals surface area contributed by atoms with E-state index < -0.39 is 5.97 Å². The standard InChI is InChI=1S/C22H18BrN5O3/c1-28(16-8-4-3-6-14(16)22(29)30-2)20-18(24)21(27-12-26-20)31-17-10-9-15(23)13-7-5-11-25-19(13)17/h3-12H,24H2,1-2H3. The summed E-state index contributed by atoms with van der Waals surface area (Å²) in [7, 11) is 3.08. The fraction of sp³-hybridized carbons (Fsp3) is 0.0909. The number of methoxy groups -OCH3 is 1. The van der Waals surface area contributed by atoms with Crippen LogP contribution in [-0.4, -0.2) is 35.1 Å². The van der Waals surface area contributed by atoms with Gasteiger partial charge in [-0.1, -0.05) is 34.1 Å². The van der Waals surface area contributed by atoms with Crippen molar-refractivity contribution in [2.75, 3.05) is 24.8 Å². The number of aromatic nitrogens is 3. The number of hydrogen-bond donors (Lipinski definition) is 1. The fourth-order valence-electron chi connectivity index (χ4n) is 3.18. The molecule has 0 aliphatic rings. The molecule has 0 aliphatic carbocycles. The van der Waals surface area contributed by atoms with Crippen molar-refractivity contribution in [2.24, 2.45) is 0 Å². The molecule has 0 unspecified atom stereocenters. The number of nitrogens with two attached hydrogens (primary N) is 1. The summed E-state index contributed by atoms with van der Waals surface area (Å²) in [6.45, 7) is 0. The quantitative estimate of drug-likeness (QED) is 0.410. The summed E-state index contributed by atoms with van der Waals surface area (Å²) in [5.74, 6) is 0.615.